The van der Waals surface area contributed by atoms with Gasteiger partial charge in [0.05, 0.1) is 17.3 Å². The Balaban J connectivity index is 1.90. The molecule has 10 nitrogen and oxygen atoms in total. The second kappa shape index (κ2) is 5.00. The number of aromatic nitrogens is 2. The molecule has 118 valence electrons. The molecule has 0 atom stereocenters. The number of sulfonamides is 1. The van der Waals surface area contributed by atoms with Crippen molar-refractivity contribution >= 4 is 27.8 Å². The van der Waals surface area contributed by atoms with Gasteiger partial charge in [0, 0.05) is 0 Å². The average molecular weight is 336 g/mol. The molecule has 2 aromatic rings. The van der Waals surface area contributed by atoms with E-state index in [0.717, 1.165) is 6.20 Å². The van der Waals surface area contributed by atoms with Crippen LogP contribution in [0.4, 0.5) is 0 Å². The van der Waals surface area contributed by atoms with Gasteiger partial charge in [-0.2, -0.15) is 5.10 Å². The molecule has 0 radical (unpaired) electrons. The number of imide groups is 1. The molecule has 0 fully saturated rings. The number of H-pyrrole nitrogens is 1. The van der Waals surface area contributed by atoms with E-state index in [-0.39, 0.29) is 16.2 Å². The number of benzene rings is 1. The SMILES string of the molecule is NS(=O)(=O)c1[nH]ncc1C(=O)ON1C(=O)c2ccccc2C1=O. The van der Waals surface area contributed by atoms with Crippen molar-refractivity contribution in [2.45, 2.75) is 5.03 Å². The van der Waals surface area contributed by atoms with Crippen molar-refractivity contribution in [3.05, 3.63) is 47.2 Å². The van der Waals surface area contributed by atoms with Crippen LogP contribution in [-0.2, 0) is 14.9 Å². The van der Waals surface area contributed by atoms with Gasteiger partial charge in [0.15, 0.2) is 5.03 Å². The van der Waals surface area contributed by atoms with E-state index in [4.69, 9.17) is 9.98 Å². The first-order valence-electron chi connectivity index (χ1n) is 6.07. The van der Waals surface area contributed by atoms with E-state index in [2.05, 4.69) is 5.10 Å². The lowest BCUT2D eigenvalue weighted by Crippen LogP contribution is -2.33. The summed E-state index contributed by atoms with van der Waals surface area (Å²) < 4.78 is 22.6. The fraction of sp³-hybridized carbons (Fsp3) is 0. The van der Waals surface area contributed by atoms with Crippen LogP contribution in [0.1, 0.15) is 31.1 Å². The molecular weight excluding hydrogens is 328 g/mol. The maximum absolute atomic E-state index is 12.1. The van der Waals surface area contributed by atoms with Crippen LogP contribution in [0.2, 0.25) is 0 Å². The molecule has 23 heavy (non-hydrogen) atoms. The lowest BCUT2D eigenvalue weighted by atomic mass is 10.1. The molecule has 1 aliphatic rings. The number of nitrogens with one attached hydrogen (secondary N) is 1. The molecule has 11 heteroatoms. The van der Waals surface area contributed by atoms with E-state index in [1.807, 2.05) is 5.10 Å². The lowest BCUT2D eigenvalue weighted by molar-refractivity contribution is -0.0587. The van der Waals surface area contributed by atoms with Gasteiger partial charge < -0.3 is 4.84 Å². The predicted molar refractivity (Wildman–Crippen MR) is 72.3 cm³/mol. The molecule has 0 saturated heterocycles. The Morgan fingerprint density at radius 3 is 2.26 bits per heavy atom. The number of hydrogen-bond acceptors (Lipinski definition) is 7. The predicted octanol–water partition coefficient (Wildman–Crippen LogP) is -0.575. The van der Waals surface area contributed by atoms with Gasteiger partial charge in [-0.05, 0) is 12.1 Å². The summed E-state index contributed by atoms with van der Waals surface area (Å²) >= 11 is 0. The molecule has 3 rings (SSSR count). The maximum Gasteiger partial charge on any atom is 0.368 e. The number of fused-ring (bicyclic) bond motifs is 1. The zero-order chi connectivity index (χ0) is 16.8. The van der Waals surface area contributed by atoms with Gasteiger partial charge in [0.2, 0.25) is 0 Å². The number of aromatic amines is 1. The molecule has 3 N–H and O–H groups in total. The van der Waals surface area contributed by atoms with Gasteiger partial charge in [-0.3, -0.25) is 14.7 Å². The highest BCUT2D eigenvalue weighted by Gasteiger charge is 2.39. The third kappa shape index (κ3) is 2.37. The zero-order valence-corrected chi connectivity index (χ0v) is 12.0. The number of hydrogen-bond donors (Lipinski definition) is 2. The number of carbonyl (C=O) groups is 3. The fourth-order valence-corrected chi connectivity index (χ4v) is 2.64. The second-order valence-electron chi connectivity index (χ2n) is 4.49. The molecular formula is C12H8N4O6S. The minimum absolute atomic E-state index is 0.0733. The standard InChI is InChI=1S/C12H8N4O6S/c13-23(20,21)9-8(5-14-15-9)12(19)22-16-10(17)6-3-1-2-4-7(6)11(16)18/h1-5H,(H,14,15)(H2,13,20,21). The maximum atomic E-state index is 12.1. The van der Waals surface area contributed by atoms with Gasteiger partial charge in [-0.15, -0.1) is 0 Å². The molecule has 1 aromatic heterocycles. The number of carbonyl (C=O) groups excluding carboxylic acids is 3. The first-order chi connectivity index (χ1) is 10.8. The molecule has 2 amide bonds. The number of amides is 2. The Morgan fingerprint density at radius 1 is 1.17 bits per heavy atom. The Labute approximate surface area is 128 Å². The van der Waals surface area contributed by atoms with Crippen molar-refractivity contribution < 1.29 is 27.6 Å². The van der Waals surface area contributed by atoms with Crippen LogP contribution >= 0.6 is 0 Å². The second-order valence-corrected chi connectivity index (χ2v) is 5.99. The van der Waals surface area contributed by atoms with Crippen molar-refractivity contribution in [1.82, 2.24) is 15.3 Å². The van der Waals surface area contributed by atoms with Crippen LogP contribution in [0.3, 0.4) is 0 Å². The first-order valence-corrected chi connectivity index (χ1v) is 7.61. The highest BCUT2D eigenvalue weighted by atomic mass is 32.2. The topological polar surface area (TPSA) is 153 Å². The fourth-order valence-electron chi connectivity index (χ4n) is 2.02. The first kappa shape index (κ1) is 14.9. The smallest absolute Gasteiger partial charge is 0.324 e. The minimum Gasteiger partial charge on any atom is -0.324 e. The summed E-state index contributed by atoms with van der Waals surface area (Å²) in [5.41, 5.74) is -0.377. The van der Waals surface area contributed by atoms with E-state index < -0.39 is 38.4 Å². The molecule has 0 bridgehead atoms. The van der Waals surface area contributed by atoms with Crippen LogP contribution in [-0.4, -0.2) is 41.5 Å². The van der Waals surface area contributed by atoms with E-state index in [0.29, 0.717) is 0 Å². The Bertz CT molecular complexity index is 913. The quantitative estimate of drug-likeness (QED) is 0.711. The minimum atomic E-state index is -4.26. The van der Waals surface area contributed by atoms with Crippen LogP contribution in [0, 0.1) is 0 Å². The molecule has 2 heterocycles. The molecule has 0 saturated carbocycles. The third-order valence-electron chi connectivity index (χ3n) is 3.04. The Morgan fingerprint density at radius 2 is 1.74 bits per heavy atom. The number of hydroxylamine groups is 2. The van der Waals surface area contributed by atoms with Crippen LogP contribution in [0.15, 0.2) is 35.5 Å². The summed E-state index contributed by atoms with van der Waals surface area (Å²) in [4.78, 5) is 40.8. The van der Waals surface area contributed by atoms with Crippen molar-refractivity contribution in [2.24, 2.45) is 5.14 Å². The van der Waals surface area contributed by atoms with Crippen LogP contribution in [0.25, 0.3) is 0 Å². The number of primary sulfonamides is 1. The van der Waals surface area contributed by atoms with E-state index in [1.165, 1.54) is 12.1 Å². The van der Waals surface area contributed by atoms with Crippen molar-refractivity contribution in [1.29, 1.82) is 0 Å². The van der Waals surface area contributed by atoms with Crippen molar-refractivity contribution in [3.63, 3.8) is 0 Å². The molecule has 1 aliphatic heterocycles. The van der Waals surface area contributed by atoms with E-state index in [1.54, 1.807) is 12.1 Å². The number of nitrogens with two attached hydrogens (primary N) is 1. The van der Waals surface area contributed by atoms with Crippen LogP contribution in [0.5, 0.6) is 0 Å². The summed E-state index contributed by atoms with van der Waals surface area (Å²) in [7, 11) is -4.26. The van der Waals surface area contributed by atoms with Crippen molar-refractivity contribution in [2.75, 3.05) is 0 Å². The summed E-state index contributed by atoms with van der Waals surface area (Å²) in [6.07, 6.45) is 0.861. The summed E-state index contributed by atoms with van der Waals surface area (Å²) in [6.45, 7) is 0. The highest BCUT2D eigenvalue weighted by Crippen LogP contribution is 2.23. The lowest BCUT2D eigenvalue weighted by Gasteiger charge is -2.12. The monoisotopic (exact) mass is 336 g/mol. The number of nitrogens with zero attached hydrogens (tertiary/aromatic N) is 2. The van der Waals surface area contributed by atoms with Crippen molar-refractivity contribution in [3.8, 4) is 0 Å². The molecule has 0 unspecified atom stereocenters. The van der Waals surface area contributed by atoms with E-state index in [9.17, 15) is 22.8 Å². The average Bonchev–Trinajstić information content (AvgIpc) is 3.08. The van der Waals surface area contributed by atoms with Crippen LogP contribution < -0.4 is 5.14 Å². The normalized spacial score (nSPS) is 14.0. The van der Waals surface area contributed by atoms with Gasteiger partial charge in [-0.25, -0.2) is 18.4 Å². The van der Waals surface area contributed by atoms with Gasteiger partial charge in [-0.1, -0.05) is 17.2 Å². The Hall–Kier alpha value is -3.05. The summed E-state index contributed by atoms with van der Waals surface area (Å²) in [5, 5.41) is 9.92. The Kier molecular flexibility index (Phi) is 3.23. The van der Waals surface area contributed by atoms with Gasteiger partial charge >= 0.3 is 5.97 Å². The zero-order valence-electron chi connectivity index (χ0n) is 11.2. The third-order valence-corrected chi connectivity index (χ3v) is 3.92. The molecule has 1 aromatic carbocycles. The highest BCUT2D eigenvalue weighted by molar-refractivity contribution is 7.89. The molecule has 0 spiro atoms. The summed E-state index contributed by atoms with van der Waals surface area (Å²) in [6, 6.07) is 5.89. The van der Waals surface area contributed by atoms with E-state index >= 15 is 0 Å². The molecule has 0 aliphatic carbocycles. The number of rotatable bonds is 3. The summed E-state index contributed by atoms with van der Waals surface area (Å²) in [5.74, 6) is -2.93. The van der Waals surface area contributed by atoms with Gasteiger partial charge in [0.1, 0.15) is 5.56 Å². The van der Waals surface area contributed by atoms with Gasteiger partial charge in [0.25, 0.3) is 21.8 Å². The largest absolute Gasteiger partial charge is 0.368 e.